The van der Waals surface area contributed by atoms with Crippen molar-refractivity contribution in [3.8, 4) is 17.0 Å². The second-order valence-corrected chi connectivity index (χ2v) is 4.74. The van der Waals surface area contributed by atoms with Crippen molar-refractivity contribution in [2.75, 3.05) is 0 Å². The third-order valence-electron chi connectivity index (χ3n) is 3.34. The van der Waals surface area contributed by atoms with Crippen LogP contribution in [0.25, 0.3) is 11.3 Å². The number of phenolic OH excluding ortho intramolecular Hbond substituents is 1. The van der Waals surface area contributed by atoms with Crippen molar-refractivity contribution >= 4 is 0 Å². The zero-order valence-corrected chi connectivity index (χ0v) is 9.72. The molecule has 3 rings (SSSR count). The third kappa shape index (κ3) is 1.70. The van der Waals surface area contributed by atoms with Gasteiger partial charge in [-0.1, -0.05) is 0 Å². The summed E-state index contributed by atoms with van der Waals surface area (Å²) in [5, 5.41) is 13.7. The summed E-state index contributed by atoms with van der Waals surface area (Å²) in [5.74, 6) is 0.272. The number of aromatic nitrogens is 2. The molecule has 1 aliphatic carbocycles. The van der Waals surface area contributed by atoms with Crippen LogP contribution < -0.4 is 5.73 Å². The first-order chi connectivity index (χ1) is 8.08. The summed E-state index contributed by atoms with van der Waals surface area (Å²) < 4.78 is 1.84. The summed E-state index contributed by atoms with van der Waals surface area (Å²) in [4.78, 5) is 0. The molecule has 1 fully saturated rings. The van der Waals surface area contributed by atoms with Crippen molar-refractivity contribution in [1.29, 1.82) is 0 Å². The van der Waals surface area contributed by atoms with Gasteiger partial charge in [0.05, 0.1) is 16.9 Å². The van der Waals surface area contributed by atoms with Crippen LogP contribution in [0, 0.1) is 0 Å². The molecule has 0 bridgehead atoms. The highest BCUT2D eigenvalue weighted by Crippen LogP contribution is 2.42. The minimum Gasteiger partial charge on any atom is -0.508 e. The van der Waals surface area contributed by atoms with E-state index in [-0.39, 0.29) is 11.3 Å². The first-order valence-corrected chi connectivity index (χ1v) is 5.71. The van der Waals surface area contributed by atoms with Crippen molar-refractivity contribution in [2.45, 2.75) is 18.4 Å². The lowest BCUT2D eigenvalue weighted by Gasteiger charge is -2.01. The molecule has 2 aromatic rings. The minimum atomic E-state index is -0.201. The zero-order chi connectivity index (χ0) is 12.0. The molecule has 1 saturated carbocycles. The van der Waals surface area contributed by atoms with E-state index in [0.29, 0.717) is 0 Å². The van der Waals surface area contributed by atoms with E-state index in [0.717, 1.165) is 29.8 Å². The highest BCUT2D eigenvalue weighted by molar-refractivity contribution is 5.61. The Labute approximate surface area is 99.7 Å². The molecule has 0 spiro atoms. The lowest BCUT2D eigenvalue weighted by Crippen LogP contribution is -2.19. The summed E-state index contributed by atoms with van der Waals surface area (Å²) in [6.07, 6.45) is 2.03. The van der Waals surface area contributed by atoms with Gasteiger partial charge in [-0.2, -0.15) is 5.10 Å². The molecule has 0 aliphatic heterocycles. The van der Waals surface area contributed by atoms with Gasteiger partial charge in [-0.15, -0.1) is 0 Å². The topological polar surface area (TPSA) is 64.1 Å². The highest BCUT2D eigenvalue weighted by Gasteiger charge is 2.42. The maximum absolute atomic E-state index is 9.27. The van der Waals surface area contributed by atoms with Gasteiger partial charge in [-0.3, -0.25) is 4.68 Å². The summed E-state index contributed by atoms with van der Waals surface area (Å²) in [5.41, 5.74) is 8.96. The summed E-state index contributed by atoms with van der Waals surface area (Å²) in [7, 11) is 1.91. The average Bonchev–Trinajstić information content (AvgIpc) is 2.93. The Kier molecular flexibility index (Phi) is 2.03. The van der Waals surface area contributed by atoms with Crippen LogP contribution in [0.5, 0.6) is 5.75 Å². The van der Waals surface area contributed by atoms with E-state index in [1.807, 2.05) is 29.9 Å². The predicted molar refractivity (Wildman–Crippen MR) is 65.4 cm³/mol. The van der Waals surface area contributed by atoms with Crippen LogP contribution in [-0.4, -0.2) is 14.9 Å². The molecule has 1 aromatic carbocycles. The van der Waals surface area contributed by atoms with Crippen LogP contribution in [0.15, 0.2) is 30.3 Å². The number of hydrogen-bond donors (Lipinski definition) is 2. The minimum absolute atomic E-state index is 0.201. The molecule has 0 atom stereocenters. The largest absolute Gasteiger partial charge is 0.508 e. The Hall–Kier alpha value is -1.81. The molecule has 0 unspecified atom stereocenters. The van der Waals surface area contributed by atoms with Crippen LogP contribution in [0.2, 0.25) is 0 Å². The van der Waals surface area contributed by atoms with Gasteiger partial charge in [0.15, 0.2) is 0 Å². The quantitative estimate of drug-likeness (QED) is 0.824. The normalized spacial score (nSPS) is 17.1. The Balaban J connectivity index is 2.03. The van der Waals surface area contributed by atoms with E-state index in [1.165, 1.54) is 0 Å². The molecular weight excluding hydrogens is 214 g/mol. The van der Waals surface area contributed by atoms with Gasteiger partial charge >= 0.3 is 0 Å². The van der Waals surface area contributed by atoms with Crippen LogP contribution in [0.1, 0.15) is 18.5 Å². The number of hydrogen-bond acceptors (Lipinski definition) is 3. The van der Waals surface area contributed by atoms with E-state index in [2.05, 4.69) is 5.10 Å². The molecule has 1 aromatic heterocycles. The number of rotatable bonds is 2. The molecule has 1 aliphatic rings. The zero-order valence-electron chi connectivity index (χ0n) is 9.72. The van der Waals surface area contributed by atoms with Crippen LogP contribution >= 0.6 is 0 Å². The van der Waals surface area contributed by atoms with Crippen molar-refractivity contribution in [1.82, 2.24) is 9.78 Å². The molecule has 17 heavy (non-hydrogen) atoms. The lowest BCUT2D eigenvalue weighted by molar-refractivity contribution is 0.475. The number of benzene rings is 1. The Morgan fingerprint density at radius 3 is 2.53 bits per heavy atom. The van der Waals surface area contributed by atoms with Crippen LogP contribution in [0.3, 0.4) is 0 Å². The van der Waals surface area contributed by atoms with Crippen LogP contribution in [0.4, 0.5) is 0 Å². The fraction of sp³-hybridized carbons (Fsp3) is 0.308. The molecule has 0 saturated heterocycles. The Morgan fingerprint density at radius 2 is 1.94 bits per heavy atom. The molecule has 88 valence electrons. The summed E-state index contributed by atoms with van der Waals surface area (Å²) in [6, 6.07) is 9.16. The maximum atomic E-state index is 9.27. The number of aromatic hydroxyl groups is 1. The molecule has 4 nitrogen and oxygen atoms in total. The Bertz CT molecular complexity index is 553. The second-order valence-electron chi connectivity index (χ2n) is 4.74. The number of nitrogens with two attached hydrogens (primary N) is 1. The summed E-state index contributed by atoms with van der Waals surface area (Å²) >= 11 is 0. The van der Waals surface area contributed by atoms with E-state index in [4.69, 9.17) is 5.73 Å². The van der Waals surface area contributed by atoms with Gasteiger partial charge in [-0.25, -0.2) is 0 Å². The Morgan fingerprint density at radius 1 is 1.29 bits per heavy atom. The smallest absolute Gasteiger partial charge is 0.115 e. The van der Waals surface area contributed by atoms with Gasteiger partial charge in [-0.05, 0) is 43.2 Å². The van der Waals surface area contributed by atoms with Crippen LogP contribution in [-0.2, 0) is 12.6 Å². The van der Waals surface area contributed by atoms with E-state index < -0.39 is 0 Å². The van der Waals surface area contributed by atoms with Gasteiger partial charge in [0.2, 0.25) is 0 Å². The van der Waals surface area contributed by atoms with Gasteiger partial charge in [0.25, 0.3) is 0 Å². The molecule has 4 heteroatoms. The summed E-state index contributed by atoms with van der Waals surface area (Å²) in [6.45, 7) is 0. The number of phenols is 1. The third-order valence-corrected chi connectivity index (χ3v) is 3.34. The van der Waals surface area contributed by atoms with E-state index >= 15 is 0 Å². The first-order valence-electron chi connectivity index (χ1n) is 5.71. The average molecular weight is 229 g/mol. The van der Waals surface area contributed by atoms with Crippen molar-refractivity contribution in [3.63, 3.8) is 0 Å². The van der Waals surface area contributed by atoms with Crippen molar-refractivity contribution < 1.29 is 5.11 Å². The van der Waals surface area contributed by atoms with Gasteiger partial charge < -0.3 is 10.8 Å². The monoisotopic (exact) mass is 229 g/mol. The number of nitrogens with zero attached hydrogens (tertiary/aromatic N) is 2. The second kappa shape index (κ2) is 3.34. The van der Waals surface area contributed by atoms with Crippen molar-refractivity contribution in [3.05, 3.63) is 36.0 Å². The fourth-order valence-electron chi connectivity index (χ4n) is 2.00. The van der Waals surface area contributed by atoms with Crippen molar-refractivity contribution in [2.24, 2.45) is 12.8 Å². The van der Waals surface area contributed by atoms with Gasteiger partial charge in [0, 0.05) is 12.6 Å². The predicted octanol–water partition coefficient (Wildman–Crippen LogP) is 1.74. The van der Waals surface area contributed by atoms with Gasteiger partial charge in [0.1, 0.15) is 5.75 Å². The molecule has 0 radical (unpaired) electrons. The maximum Gasteiger partial charge on any atom is 0.115 e. The first kappa shape index (κ1) is 10.4. The SMILES string of the molecule is Cn1nc(C2(N)CC2)cc1-c1ccc(O)cc1. The molecule has 1 heterocycles. The lowest BCUT2D eigenvalue weighted by atomic mass is 10.1. The molecule has 0 amide bonds. The van der Waals surface area contributed by atoms with E-state index in [9.17, 15) is 5.11 Å². The molecule has 3 N–H and O–H groups in total. The standard InChI is InChI=1S/C13H15N3O/c1-16-11(9-2-4-10(17)5-3-9)8-12(15-16)13(14)6-7-13/h2-5,8,17H,6-7,14H2,1H3. The fourth-order valence-corrected chi connectivity index (χ4v) is 2.00. The highest BCUT2D eigenvalue weighted by atomic mass is 16.3. The van der Waals surface area contributed by atoms with E-state index in [1.54, 1.807) is 12.1 Å². The molecular formula is C13H15N3O. The number of aryl methyl sites for hydroxylation is 1.